The van der Waals surface area contributed by atoms with Gasteiger partial charge in [0, 0.05) is 23.7 Å². The second-order valence-corrected chi connectivity index (χ2v) is 4.46. The maximum absolute atomic E-state index is 5.59. The fraction of sp³-hybridized carbons (Fsp3) is 0.300. The lowest BCUT2D eigenvalue weighted by atomic mass is 10.1. The number of hydrazine groups is 1. The van der Waals surface area contributed by atoms with E-state index < -0.39 is 0 Å². The summed E-state index contributed by atoms with van der Waals surface area (Å²) in [5.74, 6) is 5.59. The molecule has 0 aliphatic rings. The molecule has 1 atom stereocenters. The number of thiophene rings is 1. The van der Waals surface area contributed by atoms with Crippen molar-refractivity contribution in [1.29, 1.82) is 0 Å². The van der Waals surface area contributed by atoms with Gasteiger partial charge in [0.1, 0.15) is 0 Å². The lowest BCUT2D eigenvalue weighted by molar-refractivity contribution is 0.642. The van der Waals surface area contributed by atoms with Crippen molar-refractivity contribution in [2.75, 3.05) is 0 Å². The molecule has 2 rings (SSSR count). The standard InChI is InChI=1S/C10H14N4S/c1-7-3-4-15-10(7)9(13-11)8-5-12-14(2)6-8/h3-6,9,13H,11H2,1-2H3. The van der Waals surface area contributed by atoms with E-state index in [4.69, 9.17) is 5.84 Å². The monoisotopic (exact) mass is 222 g/mol. The topological polar surface area (TPSA) is 55.9 Å². The quantitative estimate of drug-likeness (QED) is 0.608. The van der Waals surface area contributed by atoms with E-state index in [-0.39, 0.29) is 6.04 Å². The molecule has 0 fully saturated rings. The van der Waals surface area contributed by atoms with Gasteiger partial charge < -0.3 is 0 Å². The maximum Gasteiger partial charge on any atom is 0.0835 e. The molecule has 2 aromatic rings. The van der Waals surface area contributed by atoms with E-state index in [1.54, 1.807) is 16.0 Å². The third-order valence-corrected chi connectivity index (χ3v) is 3.47. The zero-order chi connectivity index (χ0) is 10.8. The van der Waals surface area contributed by atoms with E-state index in [0.717, 1.165) is 5.56 Å². The molecule has 3 N–H and O–H groups in total. The van der Waals surface area contributed by atoms with Crippen molar-refractivity contribution in [3.63, 3.8) is 0 Å². The van der Waals surface area contributed by atoms with Gasteiger partial charge in [0.2, 0.25) is 0 Å². The van der Waals surface area contributed by atoms with Gasteiger partial charge in [-0.1, -0.05) is 0 Å². The van der Waals surface area contributed by atoms with E-state index in [2.05, 4.69) is 28.9 Å². The molecular formula is C10H14N4S. The average molecular weight is 222 g/mol. The first-order chi connectivity index (χ1) is 7.22. The fourth-order valence-electron chi connectivity index (χ4n) is 1.59. The van der Waals surface area contributed by atoms with Crippen LogP contribution in [0, 0.1) is 6.92 Å². The highest BCUT2D eigenvalue weighted by Crippen LogP contribution is 2.28. The number of aryl methyl sites for hydroxylation is 2. The number of nitrogens with two attached hydrogens (primary N) is 1. The van der Waals surface area contributed by atoms with Gasteiger partial charge in [0.15, 0.2) is 0 Å². The van der Waals surface area contributed by atoms with Gasteiger partial charge >= 0.3 is 0 Å². The predicted molar refractivity (Wildman–Crippen MR) is 61.4 cm³/mol. The molecule has 0 aliphatic heterocycles. The Kier molecular flexibility index (Phi) is 2.86. The molecule has 0 saturated carbocycles. The van der Waals surface area contributed by atoms with Gasteiger partial charge in [-0.25, -0.2) is 5.43 Å². The SMILES string of the molecule is Cc1ccsc1C(NN)c1cnn(C)c1. The van der Waals surface area contributed by atoms with Crippen LogP contribution in [0.2, 0.25) is 0 Å². The molecule has 0 saturated heterocycles. The molecule has 0 radical (unpaired) electrons. The third kappa shape index (κ3) is 1.94. The summed E-state index contributed by atoms with van der Waals surface area (Å²) < 4.78 is 1.78. The average Bonchev–Trinajstić information content (AvgIpc) is 2.79. The Hall–Kier alpha value is -1.17. The van der Waals surface area contributed by atoms with Gasteiger partial charge in [-0.05, 0) is 23.9 Å². The maximum atomic E-state index is 5.59. The predicted octanol–water partition coefficient (Wildman–Crippen LogP) is 1.34. The van der Waals surface area contributed by atoms with Gasteiger partial charge in [-0.15, -0.1) is 11.3 Å². The minimum Gasteiger partial charge on any atom is -0.275 e. The first-order valence-electron chi connectivity index (χ1n) is 4.71. The highest BCUT2D eigenvalue weighted by Gasteiger charge is 2.17. The molecule has 80 valence electrons. The van der Waals surface area contributed by atoms with Crippen LogP contribution in [-0.4, -0.2) is 9.78 Å². The molecular weight excluding hydrogens is 208 g/mol. The number of rotatable bonds is 3. The van der Waals surface area contributed by atoms with Crippen LogP contribution in [-0.2, 0) is 7.05 Å². The van der Waals surface area contributed by atoms with Crippen LogP contribution in [0.1, 0.15) is 22.0 Å². The number of hydrogen-bond donors (Lipinski definition) is 2. The van der Waals surface area contributed by atoms with Crippen molar-refractivity contribution in [1.82, 2.24) is 15.2 Å². The van der Waals surface area contributed by atoms with Crippen molar-refractivity contribution in [3.05, 3.63) is 39.8 Å². The Morgan fingerprint density at radius 3 is 2.87 bits per heavy atom. The fourth-order valence-corrected chi connectivity index (χ4v) is 2.61. The molecule has 4 nitrogen and oxygen atoms in total. The summed E-state index contributed by atoms with van der Waals surface area (Å²) in [6.07, 6.45) is 3.81. The van der Waals surface area contributed by atoms with Crippen molar-refractivity contribution < 1.29 is 0 Å². The van der Waals surface area contributed by atoms with Crippen LogP contribution in [0.15, 0.2) is 23.8 Å². The van der Waals surface area contributed by atoms with Crippen LogP contribution < -0.4 is 11.3 Å². The smallest absolute Gasteiger partial charge is 0.0835 e. The van der Waals surface area contributed by atoms with Crippen LogP contribution in [0.4, 0.5) is 0 Å². The Labute approximate surface area is 92.7 Å². The van der Waals surface area contributed by atoms with Gasteiger partial charge in [0.25, 0.3) is 0 Å². The van der Waals surface area contributed by atoms with Crippen molar-refractivity contribution >= 4 is 11.3 Å². The summed E-state index contributed by atoms with van der Waals surface area (Å²) in [7, 11) is 1.90. The second kappa shape index (κ2) is 4.14. The first kappa shape index (κ1) is 10.4. The van der Waals surface area contributed by atoms with E-state index in [9.17, 15) is 0 Å². The zero-order valence-corrected chi connectivity index (χ0v) is 9.58. The third-order valence-electron chi connectivity index (χ3n) is 2.39. The summed E-state index contributed by atoms with van der Waals surface area (Å²) in [5, 5.41) is 6.23. The minimum atomic E-state index is 0.0405. The molecule has 0 bridgehead atoms. The van der Waals surface area contributed by atoms with Gasteiger partial charge in [0.05, 0.1) is 12.2 Å². The zero-order valence-electron chi connectivity index (χ0n) is 8.77. The Morgan fingerprint density at radius 1 is 1.60 bits per heavy atom. The van der Waals surface area contributed by atoms with E-state index >= 15 is 0 Å². The van der Waals surface area contributed by atoms with Crippen molar-refractivity contribution in [2.45, 2.75) is 13.0 Å². The lowest BCUT2D eigenvalue weighted by Gasteiger charge is -2.13. The van der Waals surface area contributed by atoms with Gasteiger partial charge in [-0.2, -0.15) is 5.10 Å². The summed E-state index contributed by atoms with van der Waals surface area (Å²) in [5.41, 5.74) is 5.18. The molecule has 15 heavy (non-hydrogen) atoms. The molecule has 0 spiro atoms. The van der Waals surface area contributed by atoms with Gasteiger partial charge in [-0.3, -0.25) is 10.5 Å². The van der Waals surface area contributed by atoms with E-state index in [0.29, 0.717) is 0 Å². The van der Waals surface area contributed by atoms with Crippen molar-refractivity contribution in [2.24, 2.45) is 12.9 Å². The van der Waals surface area contributed by atoms with E-state index in [1.165, 1.54) is 10.4 Å². The molecule has 0 amide bonds. The minimum absolute atomic E-state index is 0.0405. The Morgan fingerprint density at radius 2 is 2.40 bits per heavy atom. The Balaban J connectivity index is 2.36. The van der Waals surface area contributed by atoms with Crippen LogP contribution in [0.3, 0.4) is 0 Å². The summed E-state index contributed by atoms with van der Waals surface area (Å²) in [6, 6.07) is 2.14. The molecule has 1 unspecified atom stereocenters. The summed E-state index contributed by atoms with van der Waals surface area (Å²) in [4.78, 5) is 1.24. The molecule has 5 heteroatoms. The molecule has 0 aliphatic carbocycles. The number of nitrogens with one attached hydrogen (secondary N) is 1. The first-order valence-corrected chi connectivity index (χ1v) is 5.59. The van der Waals surface area contributed by atoms with Crippen LogP contribution in [0.5, 0.6) is 0 Å². The highest BCUT2D eigenvalue weighted by atomic mass is 32.1. The van der Waals surface area contributed by atoms with E-state index in [1.807, 2.05) is 19.4 Å². The second-order valence-electron chi connectivity index (χ2n) is 3.51. The normalized spacial score (nSPS) is 13.0. The lowest BCUT2D eigenvalue weighted by Crippen LogP contribution is -2.28. The van der Waals surface area contributed by atoms with Crippen LogP contribution >= 0.6 is 11.3 Å². The summed E-state index contributed by atoms with van der Waals surface area (Å²) in [6.45, 7) is 2.09. The highest BCUT2D eigenvalue weighted by molar-refractivity contribution is 7.10. The van der Waals surface area contributed by atoms with Crippen LogP contribution in [0.25, 0.3) is 0 Å². The molecule has 2 aromatic heterocycles. The largest absolute Gasteiger partial charge is 0.275 e. The molecule has 0 aromatic carbocycles. The number of hydrogen-bond acceptors (Lipinski definition) is 4. The Bertz CT molecular complexity index is 446. The molecule has 2 heterocycles. The summed E-state index contributed by atoms with van der Waals surface area (Å²) >= 11 is 1.71. The van der Waals surface area contributed by atoms with Crippen molar-refractivity contribution in [3.8, 4) is 0 Å². The number of nitrogens with zero attached hydrogens (tertiary/aromatic N) is 2. The number of aromatic nitrogens is 2.